The van der Waals surface area contributed by atoms with Crippen LogP contribution in [0.2, 0.25) is 0 Å². The summed E-state index contributed by atoms with van der Waals surface area (Å²) in [5, 5.41) is 13.1. The Hall–Kier alpha value is -5.60. The number of phenols is 1. The van der Waals surface area contributed by atoms with E-state index in [4.69, 9.17) is 18.9 Å². The highest BCUT2D eigenvalue weighted by molar-refractivity contribution is 7.80. The molecule has 0 aliphatic carbocycles. The van der Waals surface area contributed by atoms with E-state index in [0.29, 0.717) is 45.1 Å². The average Bonchev–Trinajstić information content (AvgIpc) is 3.18. The first-order valence-electron chi connectivity index (χ1n) is 18.0. The molecule has 0 heterocycles. The number of aromatic hydroxyl groups is 1. The van der Waals surface area contributed by atoms with E-state index in [1.54, 1.807) is 24.3 Å². The second-order valence-corrected chi connectivity index (χ2v) is 17.4. The van der Waals surface area contributed by atoms with Gasteiger partial charge in [0.05, 0.1) is 30.4 Å². The van der Waals surface area contributed by atoms with Crippen molar-refractivity contribution in [3.05, 3.63) is 143 Å². The van der Waals surface area contributed by atoms with Crippen LogP contribution < -0.4 is 34.9 Å². The van der Waals surface area contributed by atoms with Crippen LogP contribution in [0.15, 0.2) is 103 Å². The zero-order valence-corrected chi connectivity index (χ0v) is 33.6. The Morgan fingerprint density at radius 3 is 1.28 bits per heavy atom. The van der Waals surface area contributed by atoms with E-state index in [1.807, 2.05) is 102 Å². The molecule has 6 rings (SSSR count). The van der Waals surface area contributed by atoms with Crippen molar-refractivity contribution in [1.29, 1.82) is 0 Å². The third kappa shape index (κ3) is 8.14. The quantitative estimate of drug-likeness (QED) is 0.0647. The number of phenolic OH excluding ortho intramolecular Hbond substituents is 1. The number of para-hydroxylation sites is 3. The number of halogens is 5. The molecule has 11 heteroatoms. The summed E-state index contributed by atoms with van der Waals surface area (Å²) >= 11 is 0. The van der Waals surface area contributed by atoms with Crippen molar-refractivity contribution in [3.63, 3.8) is 0 Å². The van der Waals surface area contributed by atoms with Gasteiger partial charge in [-0.1, -0.05) is 96.1 Å². The van der Waals surface area contributed by atoms with Crippen molar-refractivity contribution < 1.29 is 46.0 Å². The van der Waals surface area contributed by atoms with Crippen LogP contribution in [-0.4, -0.2) is 19.3 Å². The first kappa shape index (κ1) is 41.0. The third-order valence-electron chi connectivity index (χ3n) is 9.38. The third-order valence-corrected chi connectivity index (χ3v) is 12.0. The first-order chi connectivity index (χ1) is 27.0. The largest absolute Gasteiger partial charge is 0.507 e. The fourth-order valence-corrected chi connectivity index (χ4v) is 8.96. The van der Waals surface area contributed by atoms with E-state index in [9.17, 15) is 18.3 Å². The molecule has 6 aromatic rings. The van der Waals surface area contributed by atoms with Gasteiger partial charge in [0.2, 0.25) is 5.82 Å². The maximum Gasteiger partial charge on any atom is 0.200 e. The number of ether oxygens (including phenoxy) is 4. The fourth-order valence-electron chi connectivity index (χ4n) is 6.28. The minimum atomic E-state index is -2.32. The van der Waals surface area contributed by atoms with Gasteiger partial charge in [0.25, 0.3) is 0 Å². The van der Waals surface area contributed by atoms with Crippen molar-refractivity contribution in [2.75, 3.05) is 14.2 Å². The summed E-state index contributed by atoms with van der Waals surface area (Å²) in [6.45, 7) is 12.1. The highest BCUT2D eigenvalue weighted by atomic mass is 31.1. The highest BCUT2D eigenvalue weighted by Gasteiger charge is 2.37. The molecule has 0 saturated heterocycles. The van der Waals surface area contributed by atoms with E-state index in [-0.39, 0.29) is 10.7 Å². The lowest BCUT2D eigenvalue weighted by Gasteiger charge is -2.31. The molecule has 0 aliphatic rings. The molecule has 0 bridgehead atoms. The number of rotatable bonds is 10. The molecular formula is C46H42F5O5P. The topological polar surface area (TPSA) is 57.2 Å². The molecule has 1 N–H and O–H groups in total. The molecule has 6 aromatic carbocycles. The predicted octanol–water partition coefficient (Wildman–Crippen LogP) is 11.7. The van der Waals surface area contributed by atoms with E-state index >= 15 is 8.78 Å². The standard InChI is InChI=1S/C46H42F5O5P/c1-45(2,3)26-22-31(53-7)43(32(23-26)54-8)57(35-21-15-20-30(42(35)52)36-37(47)39(49)41(51)40(50)38(36)48)44-33(55-28-16-11-9-12-17-28)24-27(46(4,5)6)25-34(44)56-29-18-13-10-14-19-29/h9-25,52H,1-8H3. The molecule has 0 fully saturated rings. The molecule has 0 amide bonds. The predicted molar refractivity (Wildman–Crippen MR) is 216 cm³/mol. The molecule has 0 saturated carbocycles. The lowest BCUT2D eigenvalue weighted by molar-refractivity contribution is 0.380. The SMILES string of the molecule is COc1cc(C(C)(C)C)cc(OC)c1P(c1cccc(-c2c(F)c(F)c(F)c(F)c2F)c1O)c1c(Oc2ccccc2)cc(C(C)(C)C)cc1Oc1ccccc1. The lowest BCUT2D eigenvalue weighted by atomic mass is 9.87. The van der Waals surface area contributed by atoms with Crippen molar-refractivity contribution in [3.8, 4) is 51.4 Å². The van der Waals surface area contributed by atoms with Crippen LogP contribution in [0.1, 0.15) is 52.7 Å². The van der Waals surface area contributed by atoms with Gasteiger partial charge in [0, 0.05) is 18.8 Å². The Kier molecular flexibility index (Phi) is 11.6. The van der Waals surface area contributed by atoms with Gasteiger partial charge in [-0.2, -0.15) is 0 Å². The Morgan fingerprint density at radius 1 is 0.491 bits per heavy atom. The minimum Gasteiger partial charge on any atom is -0.507 e. The maximum atomic E-state index is 15.5. The highest BCUT2D eigenvalue weighted by Crippen LogP contribution is 2.52. The van der Waals surface area contributed by atoms with Gasteiger partial charge in [0.1, 0.15) is 40.2 Å². The van der Waals surface area contributed by atoms with Crippen LogP contribution in [0.25, 0.3) is 11.1 Å². The summed E-state index contributed by atoms with van der Waals surface area (Å²) in [5.41, 5.74) is -1.07. The second-order valence-electron chi connectivity index (χ2n) is 15.3. The lowest BCUT2D eigenvalue weighted by Crippen LogP contribution is -2.27. The van der Waals surface area contributed by atoms with Crippen LogP contribution in [0.5, 0.6) is 40.2 Å². The molecule has 0 aromatic heterocycles. The second kappa shape index (κ2) is 16.1. The summed E-state index contributed by atoms with van der Waals surface area (Å²) in [6.07, 6.45) is 0. The molecule has 296 valence electrons. The van der Waals surface area contributed by atoms with Gasteiger partial charge in [0.15, 0.2) is 23.3 Å². The minimum absolute atomic E-state index is 0.0471. The van der Waals surface area contributed by atoms with Gasteiger partial charge in [-0.25, -0.2) is 22.0 Å². The van der Waals surface area contributed by atoms with Crippen LogP contribution in [0.3, 0.4) is 0 Å². The Bertz CT molecular complexity index is 2310. The van der Waals surface area contributed by atoms with Crippen molar-refractivity contribution >= 4 is 23.8 Å². The fraction of sp³-hybridized carbons (Fsp3) is 0.217. The van der Waals surface area contributed by atoms with E-state index in [2.05, 4.69) is 0 Å². The molecule has 5 nitrogen and oxygen atoms in total. The zero-order valence-electron chi connectivity index (χ0n) is 32.7. The number of methoxy groups -OCH3 is 2. The van der Waals surface area contributed by atoms with E-state index in [1.165, 1.54) is 26.4 Å². The van der Waals surface area contributed by atoms with Crippen LogP contribution in [-0.2, 0) is 10.8 Å². The Labute approximate surface area is 330 Å². The smallest absolute Gasteiger partial charge is 0.200 e. The van der Waals surface area contributed by atoms with Crippen LogP contribution in [0, 0.1) is 29.1 Å². The van der Waals surface area contributed by atoms with Gasteiger partial charge < -0.3 is 24.1 Å². The Balaban J connectivity index is 1.81. The molecule has 0 spiro atoms. The maximum absolute atomic E-state index is 15.5. The van der Waals surface area contributed by atoms with Crippen molar-refractivity contribution in [2.45, 2.75) is 52.4 Å². The van der Waals surface area contributed by atoms with Crippen molar-refractivity contribution in [1.82, 2.24) is 0 Å². The zero-order chi connectivity index (χ0) is 41.4. The summed E-state index contributed by atoms with van der Waals surface area (Å²) in [6, 6.07) is 29.4. The monoisotopic (exact) mass is 800 g/mol. The molecule has 57 heavy (non-hydrogen) atoms. The van der Waals surface area contributed by atoms with Gasteiger partial charge in [-0.05, 0) is 70.5 Å². The summed E-state index contributed by atoms with van der Waals surface area (Å²) in [5.74, 6) is -9.34. The Morgan fingerprint density at radius 2 is 0.877 bits per heavy atom. The number of benzene rings is 6. The molecule has 1 unspecified atom stereocenters. The normalized spacial score (nSPS) is 12.3. The van der Waals surface area contributed by atoms with Gasteiger partial charge in [-0.15, -0.1) is 0 Å². The van der Waals surface area contributed by atoms with E-state index < -0.39 is 59.3 Å². The first-order valence-corrected chi connectivity index (χ1v) is 19.3. The van der Waals surface area contributed by atoms with Crippen LogP contribution >= 0.6 is 7.92 Å². The summed E-state index contributed by atoms with van der Waals surface area (Å²) in [7, 11) is 0.707. The summed E-state index contributed by atoms with van der Waals surface area (Å²) < 4.78 is 100. The molecule has 0 aliphatic heterocycles. The average molecular weight is 801 g/mol. The molecule has 0 radical (unpaired) electrons. The molecular weight excluding hydrogens is 758 g/mol. The number of hydrogen-bond acceptors (Lipinski definition) is 5. The summed E-state index contributed by atoms with van der Waals surface area (Å²) in [4.78, 5) is 0. The number of hydrogen-bond donors (Lipinski definition) is 1. The van der Waals surface area contributed by atoms with Crippen molar-refractivity contribution in [2.24, 2.45) is 0 Å². The van der Waals surface area contributed by atoms with Gasteiger partial charge >= 0.3 is 0 Å². The van der Waals surface area contributed by atoms with E-state index in [0.717, 1.165) is 17.2 Å². The van der Waals surface area contributed by atoms with Crippen LogP contribution in [0.4, 0.5) is 22.0 Å². The van der Waals surface area contributed by atoms with Gasteiger partial charge in [-0.3, -0.25) is 0 Å². The molecule has 1 atom stereocenters.